The van der Waals surface area contributed by atoms with Crippen LogP contribution >= 0.6 is 0 Å². The fourth-order valence-corrected chi connectivity index (χ4v) is 3.16. The SMILES string of the molecule is [B]N(Cc1cnc(C)c(OCc2cccc(C#N)c2)c1/C=C/C=O)c1ccc(C#N)cc1. The quantitative estimate of drug-likeness (QED) is 0.312. The molecule has 0 aliphatic rings. The van der Waals surface area contributed by atoms with Crippen molar-refractivity contribution >= 4 is 26.0 Å². The molecule has 0 atom stereocenters. The number of hydrogen-bond acceptors (Lipinski definition) is 6. The monoisotopic (exact) mass is 418 g/mol. The fourth-order valence-electron chi connectivity index (χ4n) is 3.16. The maximum atomic E-state index is 11.0. The zero-order valence-corrected chi connectivity index (χ0v) is 17.5. The Bertz CT molecular complexity index is 1220. The normalized spacial score (nSPS) is 10.3. The molecule has 0 aliphatic carbocycles. The molecule has 0 amide bonds. The highest BCUT2D eigenvalue weighted by atomic mass is 16.5. The molecule has 0 unspecified atom stereocenters. The van der Waals surface area contributed by atoms with Gasteiger partial charge in [0.05, 0.1) is 29.0 Å². The molecule has 3 aromatic rings. The summed E-state index contributed by atoms with van der Waals surface area (Å²) < 4.78 is 6.07. The van der Waals surface area contributed by atoms with Crippen molar-refractivity contribution in [2.24, 2.45) is 0 Å². The van der Waals surface area contributed by atoms with E-state index < -0.39 is 0 Å². The van der Waals surface area contributed by atoms with E-state index in [-0.39, 0.29) is 6.61 Å². The molecule has 3 rings (SSSR count). The minimum absolute atomic E-state index is 0.241. The van der Waals surface area contributed by atoms with Crippen LogP contribution in [0.3, 0.4) is 0 Å². The van der Waals surface area contributed by atoms with Gasteiger partial charge in [-0.1, -0.05) is 12.1 Å². The maximum absolute atomic E-state index is 11.0. The molecule has 0 N–H and O–H groups in total. The lowest BCUT2D eigenvalue weighted by molar-refractivity contribution is -0.104. The summed E-state index contributed by atoms with van der Waals surface area (Å²) in [6.45, 7) is 2.37. The van der Waals surface area contributed by atoms with Gasteiger partial charge in [-0.05, 0) is 66.6 Å². The number of allylic oxidation sites excluding steroid dienone is 1. The average molecular weight is 418 g/mol. The van der Waals surface area contributed by atoms with E-state index in [9.17, 15) is 4.79 Å². The van der Waals surface area contributed by atoms with Gasteiger partial charge in [0.2, 0.25) is 7.98 Å². The lowest BCUT2D eigenvalue weighted by Crippen LogP contribution is -2.19. The molecule has 0 spiro atoms. The van der Waals surface area contributed by atoms with Crippen molar-refractivity contribution in [2.45, 2.75) is 20.1 Å². The number of nitriles is 2. The van der Waals surface area contributed by atoms with Crippen molar-refractivity contribution in [3.8, 4) is 17.9 Å². The molecule has 7 heteroatoms. The topological polar surface area (TPSA) is 90.0 Å². The summed E-state index contributed by atoms with van der Waals surface area (Å²) in [6.07, 6.45) is 5.46. The molecule has 0 bridgehead atoms. The average Bonchev–Trinajstić information content (AvgIpc) is 2.83. The number of anilines is 1. The fraction of sp³-hybridized carbons (Fsp3) is 0.120. The number of benzene rings is 2. The summed E-state index contributed by atoms with van der Waals surface area (Å²) >= 11 is 0. The molecule has 1 heterocycles. The summed E-state index contributed by atoms with van der Waals surface area (Å²) in [5, 5.41) is 18.1. The number of aldehydes is 1. The van der Waals surface area contributed by atoms with Crippen LogP contribution in [0.15, 0.2) is 60.8 Å². The molecule has 32 heavy (non-hydrogen) atoms. The Kier molecular flexibility index (Phi) is 7.40. The van der Waals surface area contributed by atoms with E-state index in [4.69, 9.17) is 23.2 Å². The van der Waals surface area contributed by atoms with Gasteiger partial charge in [0.15, 0.2) is 0 Å². The Balaban J connectivity index is 1.90. The molecule has 0 saturated carbocycles. The van der Waals surface area contributed by atoms with Crippen LogP contribution in [0.2, 0.25) is 0 Å². The number of carbonyl (C=O) groups is 1. The third-order valence-corrected chi connectivity index (χ3v) is 4.78. The van der Waals surface area contributed by atoms with E-state index >= 15 is 0 Å². The summed E-state index contributed by atoms with van der Waals surface area (Å²) in [5.74, 6) is 0.538. The van der Waals surface area contributed by atoms with E-state index in [2.05, 4.69) is 17.1 Å². The lowest BCUT2D eigenvalue weighted by Gasteiger charge is -2.23. The van der Waals surface area contributed by atoms with Crippen molar-refractivity contribution in [3.05, 3.63) is 94.3 Å². The van der Waals surface area contributed by atoms with Gasteiger partial charge in [0.1, 0.15) is 18.6 Å². The number of ether oxygens (including phenoxy) is 1. The Labute approximate surface area is 188 Å². The zero-order valence-electron chi connectivity index (χ0n) is 17.5. The molecule has 6 nitrogen and oxygen atoms in total. The Hall–Kier alpha value is -4.36. The molecule has 1 aromatic heterocycles. The first kappa shape index (κ1) is 22.3. The third-order valence-electron chi connectivity index (χ3n) is 4.78. The minimum atomic E-state index is 0.241. The molecule has 0 saturated heterocycles. The van der Waals surface area contributed by atoms with Crippen LogP contribution in [0.25, 0.3) is 6.08 Å². The zero-order chi connectivity index (χ0) is 22.9. The van der Waals surface area contributed by atoms with Crippen molar-refractivity contribution in [3.63, 3.8) is 0 Å². The summed E-state index contributed by atoms with van der Waals surface area (Å²) in [4.78, 5) is 17.0. The van der Waals surface area contributed by atoms with E-state index in [1.165, 1.54) is 10.9 Å². The van der Waals surface area contributed by atoms with Gasteiger partial charge >= 0.3 is 0 Å². The highest BCUT2D eigenvalue weighted by molar-refractivity contribution is 6.17. The molecule has 2 aromatic carbocycles. The van der Waals surface area contributed by atoms with Crippen LogP contribution in [0.5, 0.6) is 5.75 Å². The maximum Gasteiger partial charge on any atom is 0.227 e. The second kappa shape index (κ2) is 10.6. The predicted octanol–water partition coefficient (Wildman–Crippen LogP) is 4.01. The first-order valence-corrected chi connectivity index (χ1v) is 9.80. The van der Waals surface area contributed by atoms with Crippen molar-refractivity contribution in [1.29, 1.82) is 10.5 Å². The summed E-state index contributed by atoms with van der Waals surface area (Å²) in [7, 11) is 6.26. The van der Waals surface area contributed by atoms with E-state index in [0.29, 0.717) is 41.0 Å². The number of hydrogen-bond donors (Lipinski definition) is 0. The van der Waals surface area contributed by atoms with Gasteiger partial charge in [-0.2, -0.15) is 10.5 Å². The first-order chi connectivity index (χ1) is 15.5. The standard InChI is InChI=1S/C25H19BN4O2/c1-18-25(32-17-21-5-2-4-20(12-21)14-28)24(6-3-11-31)22(15-29-18)16-30(26)23-9-7-19(13-27)8-10-23/h2-12,15H,16-17H2,1H3/b6-3+. The van der Waals surface area contributed by atoms with Crippen LogP contribution < -0.4 is 9.55 Å². The highest BCUT2D eigenvalue weighted by Gasteiger charge is 2.14. The summed E-state index contributed by atoms with van der Waals surface area (Å²) in [6, 6.07) is 18.3. The predicted molar refractivity (Wildman–Crippen MR) is 123 cm³/mol. The van der Waals surface area contributed by atoms with Crippen LogP contribution in [-0.4, -0.2) is 19.3 Å². The van der Waals surface area contributed by atoms with Crippen LogP contribution in [0.4, 0.5) is 5.69 Å². The largest absolute Gasteiger partial charge is 0.486 e. The van der Waals surface area contributed by atoms with Crippen LogP contribution in [0.1, 0.15) is 33.5 Å². The molecule has 2 radical (unpaired) electrons. The van der Waals surface area contributed by atoms with E-state index in [0.717, 1.165) is 16.8 Å². The third kappa shape index (κ3) is 5.41. The van der Waals surface area contributed by atoms with Crippen LogP contribution in [0, 0.1) is 29.6 Å². The van der Waals surface area contributed by atoms with Gasteiger partial charge in [0, 0.05) is 24.0 Å². The van der Waals surface area contributed by atoms with Gasteiger partial charge in [-0.15, -0.1) is 0 Å². The van der Waals surface area contributed by atoms with Gasteiger partial charge in [0.25, 0.3) is 0 Å². The number of pyridine rings is 1. The summed E-state index contributed by atoms with van der Waals surface area (Å²) in [5.41, 5.74) is 4.80. The Morgan fingerprint density at radius 3 is 2.56 bits per heavy atom. The molecule has 154 valence electrons. The minimum Gasteiger partial charge on any atom is -0.486 e. The second-order valence-corrected chi connectivity index (χ2v) is 6.99. The van der Waals surface area contributed by atoms with Crippen molar-refractivity contribution in [1.82, 2.24) is 4.98 Å². The smallest absolute Gasteiger partial charge is 0.227 e. The van der Waals surface area contributed by atoms with Crippen LogP contribution in [-0.2, 0) is 17.9 Å². The van der Waals surface area contributed by atoms with Crippen molar-refractivity contribution < 1.29 is 9.53 Å². The van der Waals surface area contributed by atoms with Gasteiger partial charge < -0.3 is 9.55 Å². The molecule has 0 aliphatic heterocycles. The van der Waals surface area contributed by atoms with Gasteiger partial charge in [-0.3, -0.25) is 9.78 Å². The number of nitrogens with zero attached hydrogens (tertiary/aromatic N) is 4. The van der Waals surface area contributed by atoms with Crippen molar-refractivity contribution in [2.75, 3.05) is 4.81 Å². The first-order valence-electron chi connectivity index (χ1n) is 9.80. The Morgan fingerprint density at radius 2 is 1.88 bits per heavy atom. The molecule has 0 fully saturated rings. The Morgan fingerprint density at radius 1 is 1.12 bits per heavy atom. The number of aryl methyl sites for hydroxylation is 1. The molecular weight excluding hydrogens is 399 g/mol. The van der Waals surface area contributed by atoms with Gasteiger partial charge in [-0.25, -0.2) is 0 Å². The number of rotatable bonds is 8. The second-order valence-electron chi connectivity index (χ2n) is 6.99. The highest BCUT2D eigenvalue weighted by Crippen LogP contribution is 2.29. The lowest BCUT2D eigenvalue weighted by atomic mass is 10.0. The number of aromatic nitrogens is 1. The number of carbonyl (C=O) groups excluding carboxylic acids is 1. The molecular formula is C25H19BN4O2. The van der Waals surface area contributed by atoms with E-state index in [1.54, 1.807) is 54.7 Å². The van der Waals surface area contributed by atoms with E-state index in [1.807, 2.05) is 13.0 Å².